The average molecular weight is 417 g/mol. The number of aliphatic hydroxyl groups is 2. The summed E-state index contributed by atoms with van der Waals surface area (Å²) < 4.78 is 18.0. The molecule has 2 aromatic rings. The molecule has 1 heterocycles. The molecule has 158 valence electrons. The molecule has 3 atom stereocenters. The summed E-state index contributed by atoms with van der Waals surface area (Å²) in [5.41, 5.74) is -1.38. The summed E-state index contributed by atoms with van der Waals surface area (Å²) in [7, 11) is -1.20. The zero-order valence-electron chi connectivity index (χ0n) is 17.7. The van der Waals surface area contributed by atoms with Crippen LogP contribution < -0.4 is 10.4 Å². The van der Waals surface area contributed by atoms with Crippen LogP contribution in [0, 0.1) is 0 Å². The van der Waals surface area contributed by atoms with Crippen molar-refractivity contribution in [2.75, 3.05) is 20.3 Å². The molecular formula is C23H32O5Si. The van der Waals surface area contributed by atoms with Gasteiger partial charge in [-0.2, -0.15) is 0 Å². The van der Waals surface area contributed by atoms with E-state index in [1.165, 1.54) is 7.11 Å². The Labute approximate surface area is 174 Å². The molecule has 0 spiro atoms. The van der Waals surface area contributed by atoms with E-state index in [-0.39, 0.29) is 18.1 Å². The molecule has 2 aromatic carbocycles. The van der Waals surface area contributed by atoms with Gasteiger partial charge in [0.05, 0.1) is 13.2 Å². The van der Waals surface area contributed by atoms with Gasteiger partial charge in [0.25, 0.3) is 8.32 Å². The fourth-order valence-corrected chi connectivity index (χ4v) is 8.80. The minimum Gasteiger partial charge on any atom is -0.405 e. The minimum atomic E-state index is -2.74. The number of methoxy groups -OCH3 is 1. The lowest BCUT2D eigenvalue weighted by atomic mass is 9.97. The van der Waals surface area contributed by atoms with Crippen molar-refractivity contribution in [1.82, 2.24) is 0 Å². The molecular weight excluding hydrogens is 384 g/mol. The van der Waals surface area contributed by atoms with Gasteiger partial charge in [-0.25, -0.2) is 0 Å². The van der Waals surface area contributed by atoms with E-state index in [4.69, 9.17) is 13.9 Å². The largest absolute Gasteiger partial charge is 0.405 e. The molecule has 0 aliphatic carbocycles. The van der Waals surface area contributed by atoms with Gasteiger partial charge in [0.15, 0.2) is 6.29 Å². The second kappa shape index (κ2) is 8.68. The minimum absolute atomic E-state index is 0.171. The highest BCUT2D eigenvalue weighted by Crippen LogP contribution is 2.38. The third-order valence-corrected chi connectivity index (χ3v) is 10.8. The molecule has 3 rings (SSSR count). The molecule has 1 aliphatic heterocycles. The van der Waals surface area contributed by atoms with Gasteiger partial charge in [-0.1, -0.05) is 81.4 Å². The highest BCUT2D eigenvalue weighted by Gasteiger charge is 2.53. The van der Waals surface area contributed by atoms with Crippen molar-refractivity contribution in [3.63, 3.8) is 0 Å². The van der Waals surface area contributed by atoms with Crippen LogP contribution in [0.1, 0.15) is 27.2 Å². The van der Waals surface area contributed by atoms with Crippen LogP contribution in [0.4, 0.5) is 0 Å². The van der Waals surface area contributed by atoms with Crippen LogP contribution in [0.15, 0.2) is 60.7 Å². The van der Waals surface area contributed by atoms with Crippen molar-refractivity contribution in [3.8, 4) is 0 Å². The maximum atomic E-state index is 10.9. The Morgan fingerprint density at radius 1 is 1.03 bits per heavy atom. The Morgan fingerprint density at radius 3 is 1.97 bits per heavy atom. The number of hydrogen-bond acceptors (Lipinski definition) is 5. The second-order valence-corrected chi connectivity index (χ2v) is 13.0. The first kappa shape index (κ1) is 22.1. The van der Waals surface area contributed by atoms with Crippen LogP contribution in [0.5, 0.6) is 0 Å². The Kier molecular flexibility index (Phi) is 6.63. The smallest absolute Gasteiger partial charge is 0.261 e. The van der Waals surface area contributed by atoms with E-state index in [1.807, 2.05) is 36.4 Å². The zero-order chi connectivity index (χ0) is 21.1. The van der Waals surface area contributed by atoms with E-state index < -0.39 is 32.9 Å². The van der Waals surface area contributed by atoms with Crippen molar-refractivity contribution in [2.24, 2.45) is 0 Å². The van der Waals surface area contributed by atoms with Crippen molar-refractivity contribution < 1.29 is 24.1 Å². The van der Waals surface area contributed by atoms with Crippen molar-refractivity contribution in [1.29, 1.82) is 0 Å². The summed E-state index contributed by atoms with van der Waals surface area (Å²) in [5, 5.41) is 22.8. The van der Waals surface area contributed by atoms with Crippen LogP contribution in [-0.2, 0) is 13.9 Å². The number of benzene rings is 2. The Bertz CT molecular complexity index is 737. The van der Waals surface area contributed by atoms with Gasteiger partial charge in [0.2, 0.25) is 0 Å². The molecule has 0 bridgehead atoms. The fraction of sp³-hybridized carbons (Fsp3) is 0.478. The summed E-state index contributed by atoms with van der Waals surface area (Å²) in [6.45, 7) is 6.37. The molecule has 0 radical (unpaired) electrons. The summed E-state index contributed by atoms with van der Waals surface area (Å²) in [4.78, 5) is 0. The highest BCUT2D eigenvalue weighted by atomic mass is 28.4. The quantitative estimate of drug-likeness (QED) is 0.676. The molecule has 0 aromatic heterocycles. The fourth-order valence-electron chi connectivity index (χ4n) is 4.24. The molecule has 0 amide bonds. The van der Waals surface area contributed by atoms with Gasteiger partial charge in [0, 0.05) is 13.5 Å². The standard InChI is InChI=1S/C23H32O5Si/c1-22(2,3)29(18-11-7-5-8-12-18,19-13-9-6-10-14-19)27-16-20-23(25,17-24)15-21(26-4)28-20/h5-14,20-21,24-25H,15-17H2,1-4H3/t20-,21-,23+/m1/s1. The first-order valence-corrected chi connectivity index (χ1v) is 11.9. The van der Waals surface area contributed by atoms with Crippen molar-refractivity contribution in [3.05, 3.63) is 60.7 Å². The van der Waals surface area contributed by atoms with E-state index in [9.17, 15) is 10.2 Å². The third kappa shape index (κ3) is 4.19. The van der Waals surface area contributed by atoms with Crippen LogP contribution in [0.3, 0.4) is 0 Å². The molecule has 0 saturated carbocycles. The lowest BCUT2D eigenvalue weighted by Crippen LogP contribution is -2.67. The van der Waals surface area contributed by atoms with Gasteiger partial charge >= 0.3 is 0 Å². The predicted molar refractivity (Wildman–Crippen MR) is 116 cm³/mol. The number of hydrogen-bond donors (Lipinski definition) is 2. The first-order valence-electron chi connectivity index (χ1n) is 10.0. The molecule has 29 heavy (non-hydrogen) atoms. The average Bonchev–Trinajstić information content (AvgIpc) is 3.05. The zero-order valence-corrected chi connectivity index (χ0v) is 18.7. The molecule has 2 N–H and O–H groups in total. The lowest BCUT2D eigenvalue weighted by molar-refractivity contribution is -0.137. The molecule has 6 heteroatoms. The SMILES string of the molecule is CO[C@H]1C[C@](O)(CO)[C@@H](CO[Si](c2ccccc2)(c2ccccc2)C(C)(C)C)O1. The van der Waals surface area contributed by atoms with Gasteiger partial charge in [-0.3, -0.25) is 0 Å². The monoisotopic (exact) mass is 416 g/mol. The second-order valence-electron chi connectivity index (χ2n) is 8.73. The normalized spacial score (nSPS) is 25.3. The van der Waals surface area contributed by atoms with E-state index in [1.54, 1.807) is 0 Å². The number of ether oxygens (including phenoxy) is 2. The predicted octanol–water partition coefficient (Wildman–Crippen LogP) is 2.05. The van der Waals surface area contributed by atoms with Crippen LogP contribution >= 0.6 is 0 Å². The maximum Gasteiger partial charge on any atom is 0.261 e. The molecule has 1 aliphatic rings. The van der Waals surface area contributed by atoms with E-state index in [0.29, 0.717) is 0 Å². The van der Waals surface area contributed by atoms with Crippen molar-refractivity contribution >= 4 is 18.7 Å². The molecule has 0 unspecified atom stereocenters. The van der Waals surface area contributed by atoms with Gasteiger partial charge in [-0.15, -0.1) is 0 Å². The van der Waals surface area contributed by atoms with E-state index >= 15 is 0 Å². The Balaban J connectivity index is 2.03. The molecule has 1 saturated heterocycles. The highest BCUT2D eigenvalue weighted by molar-refractivity contribution is 6.99. The van der Waals surface area contributed by atoms with Gasteiger partial charge in [-0.05, 0) is 15.4 Å². The van der Waals surface area contributed by atoms with Gasteiger partial charge in [0.1, 0.15) is 11.7 Å². The first-order chi connectivity index (χ1) is 13.8. The summed E-state index contributed by atoms with van der Waals surface area (Å²) in [6, 6.07) is 20.6. The van der Waals surface area contributed by atoms with Crippen molar-refractivity contribution in [2.45, 2.75) is 50.2 Å². The van der Waals surface area contributed by atoms with Crippen LogP contribution in [-0.4, -0.2) is 56.8 Å². The third-order valence-electron chi connectivity index (χ3n) is 5.84. The summed E-state index contributed by atoms with van der Waals surface area (Å²) >= 11 is 0. The lowest BCUT2D eigenvalue weighted by Gasteiger charge is -2.44. The van der Waals surface area contributed by atoms with Gasteiger partial charge < -0.3 is 24.1 Å². The Hall–Kier alpha value is -1.54. The van der Waals surface area contributed by atoms with E-state index in [0.717, 1.165) is 10.4 Å². The van der Waals surface area contributed by atoms with Crippen LogP contribution in [0.25, 0.3) is 0 Å². The Morgan fingerprint density at radius 2 is 1.55 bits per heavy atom. The number of aliphatic hydroxyl groups excluding tert-OH is 1. The molecule has 5 nitrogen and oxygen atoms in total. The topological polar surface area (TPSA) is 68.2 Å². The van der Waals surface area contributed by atoms with E-state index in [2.05, 4.69) is 45.0 Å². The summed E-state index contributed by atoms with van der Waals surface area (Å²) in [5.74, 6) is 0. The maximum absolute atomic E-state index is 10.9. The number of rotatable bonds is 7. The molecule has 1 fully saturated rings. The van der Waals surface area contributed by atoms with Crippen LogP contribution in [0.2, 0.25) is 5.04 Å². The summed E-state index contributed by atoms with van der Waals surface area (Å²) in [6.07, 6.45) is -1.01.